The third-order valence-electron chi connectivity index (χ3n) is 6.01. The van der Waals surface area contributed by atoms with Crippen molar-refractivity contribution in [2.45, 2.75) is 44.1 Å². The van der Waals surface area contributed by atoms with Gasteiger partial charge in [0.2, 0.25) is 0 Å². The number of hydrogen-bond donors (Lipinski definition) is 2. The highest BCUT2D eigenvalue weighted by molar-refractivity contribution is 9.11. The van der Waals surface area contributed by atoms with Crippen LogP contribution in [-0.2, 0) is 4.79 Å². The molecule has 0 unspecified atom stereocenters. The Balaban J connectivity index is 1.47. The van der Waals surface area contributed by atoms with Gasteiger partial charge in [0, 0.05) is 18.8 Å². The van der Waals surface area contributed by atoms with Crippen molar-refractivity contribution in [1.82, 2.24) is 15.5 Å². The molecule has 1 aliphatic heterocycles. The molecule has 0 radical (unpaired) electrons. The Morgan fingerprint density at radius 1 is 1.10 bits per heavy atom. The van der Waals surface area contributed by atoms with Gasteiger partial charge in [0.1, 0.15) is 5.54 Å². The van der Waals surface area contributed by atoms with Gasteiger partial charge >= 0.3 is 0 Å². The molecular formula is C22H26BrN3O2S. The number of hydrogen-bond acceptors (Lipinski definition) is 4. The van der Waals surface area contributed by atoms with Crippen molar-refractivity contribution in [2.24, 2.45) is 0 Å². The molecule has 5 nitrogen and oxygen atoms in total. The van der Waals surface area contributed by atoms with Crippen LogP contribution in [0.25, 0.3) is 0 Å². The maximum absolute atomic E-state index is 13.3. The number of allylic oxidation sites excluding steroid dienone is 2. The molecule has 0 fully saturated rings. The highest BCUT2D eigenvalue weighted by atomic mass is 79.9. The zero-order valence-electron chi connectivity index (χ0n) is 16.6. The second-order valence-corrected chi connectivity index (χ2v) is 10.5. The first kappa shape index (κ1) is 20.6. The van der Waals surface area contributed by atoms with E-state index in [9.17, 15) is 9.59 Å². The smallest absolute Gasteiger partial charge is 0.262 e. The highest BCUT2D eigenvalue weighted by Crippen LogP contribution is 2.31. The van der Waals surface area contributed by atoms with Crippen LogP contribution in [0, 0.1) is 0 Å². The zero-order chi connectivity index (χ0) is 20.4. The number of thiophene rings is 1. The van der Waals surface area contributed by atoms with Crippen molar-refractivity contribution >= 4 is 39.1 Å². The molecule has 2 amide bonds. The minimum absolute atomic E-state index is 0.118. The first-order chi connectivity index (χ1) is 13.9. The molecule has 1 aromatic heterocycles. The van der Waals surface area contributed by atoms with Crippen LogP contribution in [0.5, 0.6) is 0 Å². The minimum atomic E-state index is -0.910. The molecule has 154 valence electrons. The summed E-state index contributed by atoms with van der Waals surface area (Å²) >= 11 is 4.76. The first-order valence-electron chi connectivity index (χ1n) is 10.1. The van der Waals surface area contributed by atoms with Gasteiger partial charge in [-0.3, -0.25) is 9.59 Å². The number of halogens is 1. The van der Waals surface area contributed by atoms with E-state index < -0.39 is 5.54 Å². The number of amides is 2. The SMILES string of the molecule is CN1CCC2=C(CCC(NC(=O)C3(NC(=O)c4ccc(Br)s4)CC=CC3)=C2)CC1. The van der Waals surface area contributed by atoms with Gasteiger partial charge in [0.15, 0.2) is 0 Å². The molecule has 4 rings (SSSR count). The van der Waals surface area contributed by atoms with Crippen LogP contribution in [0.2, 0.25) is 0 Å². The predicted octanol–water partition coefficient (Wildman–Crippen LogP) is 4.15. The fourth-order valence-corrected chi connectivity index (χ4v) is 5.47. The van der Waals surface area contributed by atoms with Gasteiger partial charge in [-0.2, -0.15) is 0 Å². The Kier molecular flexibility index (Phi) is 6.08. The van der Waals surface area contributed by atoms with Crippen LogP contribution >= 0.6 is 27.3 Å². The minimum Gasteiger partial charge on any atom is -0.336 e. The Morgan fingerprint density at radius 2 is 1.86 bits per heavy atom. The van der Waals surface area contributed by atoms with Crippen LogP contribution in [0.1, 0.15) is 48.2 Å². The molecule has 2 N–H and O–H groups in total. The van der Waals surface area contributed by atoms with E-state index in [1.165, 1.54) is 22.5 Å². The average molecular weight is 476 g/mol. The van der Waals surface area contributed by atoms with Gasteiger partial charge in [0.25, 0.3) is 11.8 Å². The number of nitrogens with zero attached hydrogens (tertiary/aromatic N) is 1. The van der Waals surface area contributed by atoms with Crippen molar-refractivity contribution in [3.63, 3.8) is 0 Å². The van der Waals surface area contributed by atoms with Gasteiger partial charge in [-0.05, 0) is 85.3 Å². The second kappa shape index (κ2) is 8.58. The Labute approximate surface area is 184 Å². The predicted molar refractivity (Wildman–Crippen MR) is 120 cm³/mol. The average Bonchev–Trinajstić information content (AvgIpc) is 3.31. The lowest BCUT2D eigenvalue weighted by molar-refractivity contribution is -0.126. The lowest BCUT2D eigenvalue weighted by Gasteiger charge is -2.30. The van der Waals surface area contributed by atoms with E-state index in [2.05, 4.69) is 44.6 Å². The van der Waals surface area contributed by atoms with Crippen LogP contribution in [0.3, 0.4) is 0 Å². The van der Waals surface area contributed by atoms with Crippen LogP contribution in [-0.4, -0.2) is 42.4 Å². The summed E-state index contributed by atoms with van der Waals surface area (Å²) in [5.74, 6) is -0.318. The summed E-state index contributed by atoms with van der Waals surface area (Å²) < 4.78 is 0.899. The Bertz CT molecular complexity index is 907. The summed E-state index contributed by atoms with van der Waals surface area (Å²) in [6.45, 7) is 2.16. The Morgan fingerprint density at radius 3 is 2.59 bits per heavy atom. The molecule has 0 saturated carbocycles. The quantitative estimate of drug-likeness (QED) is 0.643. The molecule has 3 aliphatic rings. The molecule has 0 atom stereocenters. The molecule has 0 spiro atoms. The van der Waals surface area contributed by atoms with Crippen LogP contribution < -0.4 is 10.6 Å². The number of carbonyl (C=O) groups excluding carboxylic acids is 2. The molecule has 7 heteroatoms. The lowest BCUT2D eigenvalue weighted by Crippen LogP contribution is -2.57. The lowest BCUT2D eigenvalue weighted by atomic mass is 9.91. The van der Waals surface area contributed by atoms with E-state index in [0.717, 1.165) is 48.3 Å². The molecular weight excluding hydrogens is 450 g/mol. The first-order valence-corrected chi connectivity index (χ1v) is 11.7. The molecule has 0 saturated heterocycles. The maximum atomic E-state index is 13.3. The second-order valence-electron chi connectivity index (χ2n) is 8.08. The third-order valence-corrected chi connectivity index (χ3v) is 7.64. The van der Waals surface area contributed by atoms with Gasteiger partial charge in [-0.15, -0.1) is 11.3 Å². The summed E-state index contributed by atoms with van der Waals surface area (Å²) in [6.07, 6.45) is 11.2. The van der Waals surface area contributed by atoms with Crippen molar-refractivity contribution in [2.75, 3.05) is 20.1 Å². The van der Waals surface area contributed by atoms with Crippen LogP contribution in [0.15, 0.2) is 51.0 Å². The summed E-state index contributed by atoms with van der Waals surface area (Å²) in [6, 6.07) is 3.63. The molecule has 29 heavy (non-hydrogen) atoms. The summed E-state index contributed by atoms with van der Waals surface area (Å²) in [7, 11) is 2.16. The van der Waals surface area contributed by atoms with Crippen molar-refractivity contribution < 1.29 is 9.59 Å². The van der Waals surface area contributed by atoms with E-state index in [1.54, 1.807) is 6.07 Å². The van der Waals surface area contributed by atoms with E-state index in [-0.39, 0.29) is 11.8 Å². The standard InChI is InChI=1S/C22H26BrN3O2S/c1-26-12-8-15-4-5-17(14-16(15)9-13-26)24-21(28)22(10-2-3-11-22)25-20(27)18-6-7-19(23)29-18/h2-3,6-7,14H,4-5,8-13H2,1H3,(H,24,28)(H,25,27). The van der Waals surface area contributed by atoms with Crippen molar-refractivity contribution in [3.8, 4) is 0 Å². The zero-order valence-corrected chi connectivity index (χ0v) is 19.0. The van der Waals surface area contributed by atoms with E-state index >= 15 is 0 Å². The normalized spacial score (nSPS) is 21.4. The molecule has 2 heterocycles. The summed E-state index contributed by atoms with van der Waals surface area (Å²) in [4.78, 5) is 28.9. The largest absolute Gasteiger partial charge is 0.336 e. The fraction of sp³-hybridized carbons (Fsp3) is 0.455. The third kappa shape index (κ3) is 4.57. The monoisotopic (exact) mass is 475 g/mol. The Hall–Kier alpha value is -1.70. The summed E-state index contributed by atoms with van der Waals surface area (Å²) in [5, 5.41) is 6.16. The van der Waals surface area contributed by atoms with Crippen molar-refractivity contribution in [3.05, 3.63) is 55.9 Å². The van der Waals surface area contributed by atoms with E-state index in [0.29, 0.717) is 17.7 Å². The highest BCUT2D eigenvalue weighted by Gasteiger charge is 2.41. The van der Waals surface area contributed by atoms with E-state index in [4.69, 9.17) is 0 Å². The molecule has 2 aliphatic carbocycles. The van der Waals surface area contributed by atoms with E-state index in [1.807, 2.05) is 18.2 Å². The van der Waals surface area contributed by atoms with Crippen molar-refractivity contribution in [1.29, 1.82) is 0 Å². The topological polar surface area (TPSA) is 61.4 Å². The summed E-state index contributed by atoms with van der Waals surface area (Å²) in [5.41, 5.74) is 2.97. The number of rotatable bonds is 4. The number of carbonyl (C=O) groups is 2. The van der Waals surface area contributed by atoms with Gasteiger partial charge < -0.3 is 15.5 Å². The molecule has 0 aromatic carbocycles. The fourth-order valence-electron chi connectivity index (χ4n) is 4.19. The van der Waals surface area contributed by atoms with Gasteiger partial charge in [0.05, 0.1) is 8.66 Å². The van der Waals surface area contributed by atoms with Crippen LogP contribution in [0.4, 0.5) is 0 Å². The molecule has 0 bridgehead atoms. The molecule has 1 aromatic rings. The van der Waals surface area contributed by atoms with Gasteiger partial charge in [-0.1, -0.05) is 17.7 Å². The maximum Gasteiger partial charge on any atom is 0.262 e. The number of nitrogens with one attached hydrogen (secondary N) is 2. The van der Waals surface area contributed by atoms with Gasteiger partial charge in [-0.25, -0.2) is 0 Å².